The summed E-state index contributed by atoms with van der Waals surface area (Å²) in [7, 11) is -3.43. The van der Waals surface area contributed by atoms with Gasteiger partial charge in [-0.05, 0) is 30.9 Å². The fourth-order valence-electron chi connectivity index (χ4n) is 2.96. The number of aromatic nitrogens is 2. The molecule has 2 aromatic rings. The predicted molar refractivity (Wildman–Crippen MR) is 96.5 cm³/mol. The van der Waals surface area contributed by atoms with E-state index in [0.29, 0.717) is 48.3 Å². The minimum absolute atomic E-state index is 0.121. The number of aryl methyl sites for hydroxylation is 1. The molecule has 10 heteroatoms. The molecule has 26 heavy (non-hydrogen) atoms. The lowest BCUT2D eigenvalue weighted by molar-refractivity contribution is -0.927. The van der Waals surface area contributed by atoms with Crippen LogP contribution in [0.25, 0.3) is 0 Å². The number of rotatable bonds is 4. The zero-order valence-electron chi connectivity index (χ0n) is 14.6. The zero-order valence-corrected chi connectivity index (χ0v) is 16.2. The smallest absolute Gasteiger partial charge is 0.289 e. The highest BCUT2D eigenvalue weighted by atomic mass is 32.2. The standard InChI is InChI=1S/C16H19N5O3S2/c1-12-13(2)18-21(16(22)14(12)10-17)11-19-5-7-20(8-6-19)26(23,24)15-4-3-9-25-15/h3-4,9H,5-8,11H2,1-2H3/p+1. The molecular weight excluding hydrogens is 374 g/mol. The summed E-state index contributed by atoms with van der Waals surface area (Å²) < 4.78 is 28.3. The molecule has 0 unspecified atom stereocenters. The van der Waals surface area contributed by atoms with Crippen LogP contribution in [0.1, 0.15) is 16.8 Å². The molecule has 0 atom stereocenters. The summed E-state index contributed by atoms with van der Waals surface area (Å²) in [5, 5.41) is 15.2. The lowest BCUT2D eigenvalue weighted by Crippen LogP contribution is -3.14. The third-order valence-corrected chi connectivity index (χ3v) is 7.91. The summed E-state index contributed by atoms with van der Waals surface area (Å²) in [6, 6.07) is 5.29. The predicted octanol–water partition coefficient (Wildman–Crippen LogP) is -0.660. The molecule has 0 bridgehead atoms. The number of hydrogen-bond acceptors (Lipinski definition) is 6. The van der Waals surface area contributed by atoms with Gasteiger partial charge in [0, 0.05) is 0 Å². The molecule has 2 aromatic heterocycles. The molecule has 0 radical (unpaired) electrons. The Labute approximate surface area is 155 Å². The van der Waals surface area contributed by atoms with Crippen molar-refractivity contribution in [1.82, 2.24) is 14.1 Å². The van der Waals surface area contributed by atoms with Gasteiger partial charge in [-0.15, -0.1) is 11.3 Å². The van der Waals surface area contributed by atoms with Crippen LogP contribution in [-0.2, 0) is 16.7 Å². The monoisotopic (exact) mass is 394 g/mol. The van der Waals surface area contributed by atoms with Crippen molar-refractivity contribution in [3.63, 3.8) is 0 Å². The first kappa shape index (κ1) is 18.7. The highest BCUT2D eigenvalue weighted by Crippen LogP contribution is 2.20. The van der Waals surface area contributed by atoms with Crippen molar-refractivity contribution in [1.29, 1.82) is 5.26 Å². The number of hydrogen-bond donors (Lipinski definition) is 1. The Morgan fingerprint density at radius 3 is 2.62 bits per heavy atom. The maximum atomic E-state index is 12.6. The molecule has 8 nitrogen and oxygen atoms in total. The largest absolute Gasteiger partial charge is 0.314 e. The van der Waals surface area contributed by atoms with E-state index in [9.17, 15) is 18.5 Å². The lowest BCUT2D eigenvalue weighted by atomic mass is 10.1. The van der Waals surface area contributed by atoms with Gasteiger partial charge in [0.05, 0.1) is 31.9 Å². The Morgan fingerprint density at radius 1 is 1.35 bits per heavy atom. The summed E-state index contributed by atoms with van der Waals surface area (Å²) >= 11 is 1.21. The Kier molecular flexibility index (Phi) is 5.24. The average Bonchev–Trinajstić information content (AvgIpc) is 3.16. The summed E-state index contributed by atoms with van der Waals surface area (Å²) in [6.45, 7) is 5.74. The number of nitrogens with one attached hydrogen (secondary N) is 1. The van der Waals surface area contributed by atoms with Crippen molar-refractivity contribution in [2.24, 2.45) is 0 Å². The van der Waals surface area contributed by atoms with Gasteiger partial charge in [-0.1, -0.05) is 6.07 Å². The maximum Gasteiger partial charge on any atom is 0.289 e. The molecule has 0 aliphatic carbocycles. The van der Waals surface area contributed by atoms with Gasteiger partial charge in [0.2, 0.25) is 0 Å². The molecule has 1 aliphatic rings. The van der Waals surface area contributed by atoms with Crippen LogP contribution in [0.3, 0.4) is 0 Å². The van der Waals surface area contributed by atoms with Crippen molar-refractivity contribution in [2.75, 3.05) is 26.2 Å². The molecular formula is C16H20N5O3S2+. The van der Waals surface area contributed by atoms with E-state index in [0.717, 1.165) is 4.90 Å². The third kappa shape index (κ3) is 3.43. The van der Waals surface area contributed by atoms with Crippen LogP contribution in [0.5, 0.6) is 0 Å². The minimum Gasteiger partial charge on any atom is -0.314 e. The first-order chi connectivity index (χ1) is 12.3. The molecule has 0 spiro atoms. The molecule has 1 aliphatic heterocycles. The van der Waals surface area contributed by atoms with E-state index >= 15 is 0 Å². The fraction of sp³-hybridized carbons (Fsp3) is 0.438. The van der Waals surface area contributed by atoms with E-state index in [1.807, 2.05) is 6.07 Å². The van der Waals surface area contributed by atoms with Crippen LogP contribution < -0.4 is 10.5 Å². The second kappa shape index (κ2) is 7.28. The Hall–Kier alpha value is -2.06. The fourth-order valence-corrected chi connectivity index (χ4v) is 5.55. The van der Waals surface area contributed by atoms with Gasteiger partial charge in [0.1, 0.15) is 15.8 Å². The summed E-state index contributed by atoms with van der Waals surface area (Å²) in [6.07, 6.45) is 0. The molecule has 3 heterocycles. The van der Waals surface area contributed by atoms with E-state index in [1.54, 1.807) is 31.4 Å². The van der Waals surface area contributed by atoms with Gasteiger partial charge >= 0.3 is 0 Å². The first-order valence-electron chi connectivity index (χ1n) is 8.20. The van der Waals surface area contributed by atoms with Crippen LogP contribution in [0, 0.1) is 25.2 Å². The summed E-state index contributed by atoms with van der Waals surface area (Å²) in [5.74, 6) is 0. The van der Waals surface area contributed by atoms with Crippen molar-refractivity contribution in [2.45, 2.75) is 24.7 Å². The number of nitrogens with zero attached hydrogens (tertiary/aromatic N) is 4. The van der Waals surface area contributed by atoms with Gasteiger partial charge in [-0.2, -0.15) is 19.3 Å². The molecule has 0 aromatic carbocycles. The number of thiophene rings is 1. The Morgan fingerprint density at radius 2 is 2.04 bits per heavy atom. The minimum atomic E-state index is -3.43. The second-order valence-electron chi connectivity index (χ2n) is 6.25. The molecule has 1 N–H and O–H groups in total. The molecule has 1 fully saturated rings. The Balaban J connectivity index is 1.72. The Bertz CT molecular complexity index is 998. The van der Waals surface area contributed by atoms with E-state index in [1.165, 1.54) is 20.3 Å². The van der Waals surface area contributed by atoms with Gasteiger partial charge in [0.15, 0.2) is 6.67 Å². The second-order valence-corrected chi connectivity index (χ2v) is 9.36. The van der Waals surface area contributed by atoms with Gasteiger partial charge in [-0.25, -0.2) is 8.42 Å². The lowest BCUT2D eigenvalue weighted by Gasteiger charge is -2.31. The van der Waals surface area contributed by atoms with Crippen LogP contribution in [-0.4, -0.2) is 48.7 Å². The first-order valence-corrected chi connectivity index (χ1v) is 10.5. The quantitative estimate of drug-likeness (QED) is 0.742. The summed E-state index contributed by atoms with van der Waals surface area (Å²) in [5.41, 5.74) is 0.989. The normalized spacial score (nSPS) is 16.5. The highest BCUT2D eigenvalue weighted by molar-refractivity contribution is 7.91. The van der Waals surface area contributed by atoms with Gasteiger partial charge in [0.25, 0.3) is 15.6 Å². The SMILES string of the molecule is Cc1nn(C[NH+]2CCN(S(=O)(=O)c3cccs3)CC2)c(=O)c(C#N)c1C. The van der Waals surface area contributed by atoms with Crippen molar-refractivity contribution < 1.29 is 13.3 Å². The van der Waals surface area contributed by atoms with Crippen molar-refractivity contribution in [3.8, 4) is 6.07 Å². The van der Waals surface area contributed by atoms with Crippen LogP contribution in [0.15, 0.2) is 26.5 Å². The number of piperazine rings is 1. The van der Waals surface area contributed by atoms with E-state index in [-0.39, 0.29) is 5.56 Å². The molecule has 1 saturated heterocycles. The van der Waals surface area contributed by atoms with Gasteiger partial charge in [-0.3, -0.25) is 4.79 Å². The zero-order chi connectivity index (χ0) is 18.9. The summed E-state index contributed by atoms with van der Waals surface area (Å²) in [4.78, 5) is 13.4. The topological polar surface area (TPSA) is 100 Å². The van der Waals surface area contributed by atoms with Crippen LogP contribution in [0.4, 0.5) is 0 Å². The van der Waals surface area contributed by atoms with Crippen molar-refractivity contribution in [3.05, 3.63) is 44.7 Å². The highest BCUT2D eigenvalue weighted by Gasteiger charge is 2.31. The van der Waals surface area contributed by atoms with Crippen molar-refractivity contribution >= 4 is 21.4 Å². The molecule has 0 saturated carbocycles. The van der Waals surface area contributed by atoms with Gasteiger partial charge < -0.3 is 4.90 Å². The van der Waals surface area contributed by atoms with Crippen LogP contribution in [0.2, 0.25) is 0 Å². The number of sulfonamides is 1. The molecule has 138 valence electrons. The molecule has 3 rings (SSSR count). The van der Waals surface area contributed by atoms with E-state index in [2.05, 4.69) is 5.10 Å². The van der Waals surface area contributed by atoms with E-state index in [4.69, 9.17) is 0 Å². The number of nitriles is 1. The maximum absolute atomic E-state index is 12.6. The van der Waals surface area contributed by atoms with Crippen LogP contribution >= 0.6 is 11.3 Å². The average molecular weight is 395 g/mol. The number of quaternary nitrogens is 1. The molecule has 0 amide bonds. The van der Waals surface area contributed by atoms with E-state index < -0.39 is 15.6 Å². The third-order valence-electron chi connectivity index (χ3n) is 4.64.